The molecule has 0 radical (unpaired) electrons. The minimum atomic E-state index is -0.176. The monoisotopic (exact) mass is 282 g/mol. The topological polar surface area (TPSA) is 26.3 Å². The Bertz CT molecular complexity index is 600. The molecule has 0 atom stereocenters. The van der Waals surface area contributed by atoms with Crippen LogP contribution in [0, 0.1) is 5.41 Å². The van der Waals surface area contributed by atoms with Gasteiger partial charge < -0.3 is 4.74 Å². The summed E-state index contributed by atoms with van der Waals surface area (Å²) in [5.41, 5.74) is 1.97. The second-order valence-corrected chi connectivity index (χ2v) is 6.03. The minimum Gasteiger partial charge on any atom is -0.426 e. The number of esters is 1. The Labute approximate surface area is 126 Å². The molecule has 0 aliphatic heterocycles. The van der Waals surface area contributed by atoms with Gasteiger partial charge >= 0.3 is 5.97 Å². The van der Waals surface area contributed by atoms with Crippen molar-refractivity contribution in [2.45, 2.75) is 33.6 Å². The molecule has 0 saturated heterocycles. The average Bonchev–Trinajstić information content (AvgIpc) is 2.48. The van der Waals surface area contributed by atoms with Crippen molar-refractivity contribution >= 4 is 5.97 Å². The molecule has 0 aliphatic rings. The summed E-state index contributed by atoms with van der Waals surface area (Å²) >= 11 is 0. The lowest BCUT2D eigenvalue weighted by Crippen LogP contribution is -2.20. The van der Waals surface area contributed by atoms with Crippen LogP contribution in [-0.4, -0.2) is 5.97 Å². The largest absolute Gasteiger partial charge is 0.426 e. The highest BCUT2D eigenvalue weighted by Crippen LogP contribution is 2.31. The number of hydrogen-bond acceptors (Lipinski definition) is 2. The molecule has 0 heterocycles. The Morgan fingerprint density at radius 1 is 1.00 bits per heavy atom. The summed E-state index contributed by atoms with van der Waals surface area (Å²) in [6.07, 6.45) is 1.37. The maximum atomic E-state index is 12.1. The fourth-order valence-corrected chi connectivity index (χ4v) is 2.09. The third-order valence-electron chi connectivity index (χ3n) is 3.78. The van der Waals surface area contributed by atoms with Crippen molar-refractivity contribution < 1.29 is 9.53 Å². The molecule has 2 aromatic rings. The summed E-state index contributed by atoms with van der Waals surface area (Å²) < 4.78 is 5.60. The highest BCUT2D eigenvalue weighted by molar-refractivity contribution is 5.78. The van der Waals surface area contributed by atoms with Gasteiger partial charge in [-0.05, 0) is 17.0 Å². The molecule has 0 amide bonds. The Morgan fingerprint density at radius 2 is 1.62 bits per heavy atom. The standard InChI is InChI=1S/C19H22O2/c1-4-19(2,3)14-18(20)21-17-13-9-8-12-16(17)15-10-6-5-7-11-15/h5-13H,4,14H2,1-3H3. The van der Waals surface area contributed by atoms with Crippen LogP contribution < -0.4 is 4.74 Å². The summed E-state index contributed by atoms with van der Waals surface area (Å²) in [5, 5.41) is 0. The number of carbonyl (C=O) groups excluding carboxylic acids is 1. The number of para-hydroxylation sites is 1. The molecule has 0 fully saturated rings. The molecule has 2 rings (SSSR count). The molecule has 0 unspecified atom stereocenters. The molecule has 0 spiro atoms. The predicted molar refractivity (Wildman–Crippen MR) is 86.2 cm³/mol. The van der Waals surface area contributed by atoms with E-state index in [0.717, 1.165) is 17.5 Å². The number of benzene rings is 2. The van der Waals surface area contributed by atoms with E-state index >= 15 is 0 Å². The summed E-state index contributed by atoms with van der Waals surface area (Å²) in [6, 6.07) is 17.6. The van der Waals surface area contributed by atoms with E-state index in [1.807, 2.05) is 54.6 Å². The van der Waals surface area contributed by atoms with E-state index < -0.39 is 0 Å². The fourth-order valence-electron chi connectivity index (χ4n) is 2.09. The molecule has 2 nitrogen and oxygen atoms in total. The van der Waals surface area contributed by atoms with E-state index in [4.69, 9.17) is 4.74 Å². The maximum Gasteiger partial charge on any atom is 0.311 e. The molecule has 2 heteroatoms. The van der Waals surface area contributed by atoms with Crippen molar-refractivity contribution in [2.75, 3.05) is 0 Å². The zero-order valence-electron chi connectivity index (χ0n) is 12.9. The Hall–Kier alpha value is -2.09. The van der Waals surface area contributed by atoms with Gasteiger partial charge in [0.25, 0.3) is 0 Å². The van der Waals surface area contributed by atoms with Crippen molar-refractivity contribution in [1.82, 2.24) is 0 Å². The van der Waals surface area contributed by atoms with Crippen LogP contribution in [0.4, 0.5) is 0 Å². The molecule has 0 N–H and O–H groups in total. The highest BCUT2D eigenvalue weighted by atomic mass is 16.5. The Morgan fingerprint density at radius 3 is 2.29 bits per heavy atom. The fraction of sp³-hybridized carbons (Fsp3) is 0.316. The smallest absolute Gasteiger partial charge is 0.311 e. The number of hydrogen-bond donors (Lipinski definition) is 0. The van der Waals surface area contributed by atoms with E-state index in [9.17, 15) is 4.79 Å². The lowest BCUT2D eigenvalue weighted by atomic mass is 9.87. The number of carbonyl (C=O) groups is 1. The molecule has 0 aliphatic carbocycles. The summed E-state index contributed by atoms with van der Waals surface area (Å²) in [4.78, 5) is 12.1. The minimum absolute atomic E-state index is 0.0290. The normalized spacial score (nSPS) is 11.2. The van der Waals surface area contributed by atoms with Crippen molar-refractivity contribution in [1.29, 1.82) is 0 Å². The van der Waals surface area contributed by atoms with Gasteiger partial charge in [-0.1, -0.05) is 75.7 Å². The van der Waals surface area contributed by atoms with Gasteiger partial charge in [0.1, 0.15) is 5.75 Å². The molecule has 110 valence electrons. The van der Waals surface area contributed by atoms with Gasteiger partial charge in [-0.25, -0.2) is 0 Å². The lowest BCUT2D eigenvalue weighted by molar-refractivity contribution is -0.136. The van der Waals surface area contributed by atoms with Crippen molar-refractivity contribution in [3.05, 3.63) is 54.6 Å². The molecule has 2 aromatic carbocycles. The van der Waals surface area contributed by atoms with E-state index in [-0.39, 0.29) is 11.4 Å². The van der Waals surface area contributed by atoms with Gasteiger partial charge in [0.2, 0.25) is 0 Å². The van der Waals surface area contributed by atoms with Crippen LogP contribution in [0.2, 0.25) is 0 Å². The van der Waals surface area contributed by atoms with Crippen molar-refractivity contribution in [2.24, 2.45) is 5.41 Å². The first-order valence-corrected chi connectivity index (χ1v) is 7.37. The SMILES string of the molecule is CCC(C)(C)CC(=O)Oc1ccccc1-c1ccccc1. The summed E-state index contributed by atoms with van der Waals surface area (Å²) in [7, 11) is 0. The second kappa shape index (κ2) is 6.57. The van der Waals surface area contributed by atoms with E-state index in [1.165, 1.54) is 0 Å². The van der Waals surface area contributed by atoms with Gasteiger partial charge in [0.05, 0.1) is 6.42 Å². The molecule has 0 saturated carbocycles. The zero-order chi connectivity index (χ0) is 15.3. The van der Waals surface area contributed by atoms with Crippen LogP contribution in [0.5, 0.6) is 5.75 Å². The maximum absolute atomic E-state index is 12.1. The van der Waals surface area contributed by atoms with Crippen LogP contribution in [0.1, 0.15) is 33.6 Å². The van der Waals surface area contributed by atoms with Crippen LogP contribution in [0.3, 0.4) is 0 Å². The first-order valence-electron chi connectivity index (χ1n) is 7.37. The molecular weight excluding hydrogens is 260 g/mol. The molecule has 0 aromatic heterocycles. The summed E-state index contributed by atoms with van der Waals surface area (Å²) in [6.45, 7) is 6.25. The predicted octanol–water partition coefficient (Wildman–Crippen LogP) is 5.09. The second-order valence-electron chi connectivity index (χ2n) is 6.03. The third-order valence-corrected chi connectivity index (χ3v) is 3.78. The average molecular weight is 282 g/mol. The first-order chi connectivity index (χ1) is 10.0. The highest BCUT2D eigenvalue weighted by Gasteiger charge is 2.21. The number of rotatable bonds is 5. The Balaban J connectivity index is 2.20. The van der Waals surface area contributed by atoms with Crippen molar-refractivity contribution in [3.63, 3.8) is 0 Å². The molecule has 0 bridgehead atoms. The van der Waals surface area contributed by atoms with E-state index in [0.29, 0.717) is 12.2 Å². The quantitative estimate of drug-likeness (QED) is 0.564. The van der Waals surface area contributed by atoms with E-state index in [2.05, 4.69) is 20.8 Å². The first kappa shape index (κ1) is 15.3. The van der Waals surface area contributed by atoms with Gasteiger partial charge in [0.15, 0.2) is 0 Å². The van der Waals surface area contributed by atoms with Gasteiger partial charge in [-0.15, -0.1) is 0 Å². The number of ether oxygens (including phenoxy) is 1. The zero-order valence-corrected chi connectivity index (χ0v) is 12.9. The van der Waals surface area contributed by atoms with Gasteiger partial charge in [0, 0.05) is 5.56 Å². The Kier molecular flexibility index (Phi) is 4.79. The lowest BCUT2D eigenvalue weighted by Gasteiger charge is -2.21. The van der Waals surface area contributed by atoms with Crippen LogP contribution in [0.25, 0.3) is 11.1 Å². The van der Waals surface area contributed by atoms with Crippen LogP contribution >= 0.6 is 0 Å². The van der Waals surface area contributed by atoms with Gasteiger partial charge in [-0.3, -0.25) is 4.79 Å². The van der Waals surface area contributed by atoms with Crippen LogP contribution in [-0.2, 0) is 4.79 Å². The molecule has 21 heavy (non-hydrogen) atoms. The van der Waals surface area contributed by atoms with Gasteiger partial charge in [-0.2, -0.15) is 0 Å². The molecular formula is C19H22O2. The van der Waals surface area contributed by atoms with Crippen molar-refractivity contribution in [3.8, 4) is 16.9 Å². The third kappa shape index (κ3) is 4.19. The van der Waals surface area contributed by atoms with E-state index in [1.54, 1.807) is 0 Å². The van der Waals surface area contributed by atoms with Crippen LogP contribution in [0.15, 0.2) is 54.6 Å². The summed E-state index contributed by atoms with van der Waals surface area (Å²) in [5.74, 6) is 0.450.